The molecule has 0 atom stereocenters. The van der Waals surface area contributed by atoms with Crippen molar-refractivity contribution < 1.29 is 4.79 Å². The fraction of sp³-hybridized carbons (Fsp3) is 0.636. The van der Waals surface area contributed by atoms with Crippen LogP contribution in [-0.4, -0.2) is 48.5 Å². The molecular formula is C11H17ClN4OS. The van der Waals surface area contributed by atoms with Crippen LogP contribution in [0.2, 0.25) is 0 Å². The minimum Gasteiger partial charge on any atom is -0.334 e. The van der Waals surface area contributed by atoms with Crippen molar-refractivity contribution in [3.05, 3.63) is 15.6 Å². The number of halogens is 1. The molecule has 2 aliphatic rings. The number of fused-ring (bicyclic) bond motifs is 1. The predicted molar refractivity (Wildman–Crippen MR) is 73.5 cm³/mol. The van der Waals surface area contributed by atoms with E-state index in [0.717, 1.165) is 51.4 Å². The lowest BCUT2D eigenvalue weighted by molar-refractivity contribution is 0.0735. The van der Waals surface area contributed by atoms with Crippen LogP contribution in [0.15, 0.2) is 0 Å². The summed E-state index contributed by atoms with van der Waals surface area (Å²) in [6, 6.07) is 0. The van der Waals surface area contributed by atoms with Gasteiger partial charge in [-0.15, -0.1) is 23.7 Å². The molecule has 100 valence electrons. The van der Waals surface area contributed by atoms with E-state index >= 15 is 0 Å². The Balaban J connectivity index is 0.00000120. The molecule has 3 heterocycles. The van der Waals surface area contributed by atoms with Gasteiger partial charge in [-0.3, -0.25) is 4.79 Å². The van der Waals surface area contributed by atoms with Crippen LogP contribution in [0.5, 0.6) is 0 Å². The number of nitrogens with one attached hydrogen (secondary N) is 2. The SMILES string of the molecule is Cl.O=C(c1nc2c(s1)CNCC2)N1CCNCC1. The van der Waals surface area contributed by atoms with Crippen LogP contribution in [0, 0.1) is 0 Å². The van der Waals surface area contributed by atoms with Crippen LogP contribution < -0.4 is 10.6 Å². The number of carbonyl (C=O) groups excluding carboxylic acids is 1. The van der Waals surface area contributed by atoms with Gasteiger partial charge in [0.25, 0.3) is 5.91 Å². The maximum Gasteiger partial charge on any atom is 0.282 e. The second-order valence-corrected chi connectivity index (χ2v) is 5.44. The Bertz CT molecular complexity index is 407. The third-order valence-electron chi connectivity index (χ3n) is 3.19. The number of nitrogens with zero attached hydrogens (tertiary/aromatic N) is 2. The quantitative estimate of drug-likeness (QED) is 0.778. The van der Waals surface area contributed by atoms with Crippen LogP contribution >= 0.6 is 23.7 Å². The zero-order valence-electron chi connectivity index (χ0n) is 10.1. The van der Waals surface area contributed by atoms with E-state index in [4.69, 9.17) is 0 Å². The molecule has 7 heteroatoms. The third-order valence-corrected chi connectivity index (χ3v) is 4.28. The van der Waals surface area contributed by atoms with Crippen molar-refractivity contribution >= 4 is 29.7 Å². The van der Waals surface area contributed by atoms with E-state index in [1.165, 1.54) is 4.88 Å². The first kappa shape index (κ1) is 13.7. The molecule has 3 rings (SSSR count). The van der Waals surface area contributed by atoms with E-state index < -0.39 is 0 Å². The van der Waals surface area contributed by atoms with Gasteiger partial charge in [0.05, 0.1) is 5.69 Å². The lowest BCUT2D eigenvalue weighted by Crippen LogP contribution is -2.46. The van der Waals surface area contributed by atoms with Gasteiger partial charge in [0.2, 0.25) is 0 Å². The van der Waals surface area contributed by atoms with Gasteiger partial charge in [0, 0.05) is 50.6 Å². The molecular weight excluding hydrogens is 272 g/mol. The minimum atomic E-state index is 0. The summed E-state index contributed by atoms with van der Waals surface area (Å²) in [6.45, 7) is 5.19. The fourth-order valence-electron chi connectivity index (χ4n) is 2.22. The molecule has 2 N–H and O–H groups in total. The fourth-order valence-corrected chi connectivity index (χ4v) is 3.27. The molecule has 1 amide bonds. The van der Waals surface area contributed by atoms with Crippen molar-refractivity contribution in [3.63, 3.8) is 0 Å². The number of hydrogen-bond donors (Lipinski definition) is 2. The molecule has 0 aliphatic carbocycles. The molecule has 0 aromatic carbocycles. The Morgan fingerprint density at radius 1 is 1.22 bits per heavy atom. The minimum absolute atomic E-state index is 0. The van der Waals surface area contributed by atoms with Crippen LogP contribution in [0.1, 0.15) is 20.4 Å². The average Bonchev–Trinajstić information content (AvgIpc) is 2.82. The highest BCUT2D eigenvalue weighted by Gasteiger charge is 2.23. The van der Waals surface area contributed by atoms with Crippen LogP contribution in [0.4, 0.5) is 0 Å². The zero-order chi connectivity index (χ0) is 11.7. The highest BCUT2D eigenvalue weighted by Crippen LogP contribution is 2.22. The maximum atomic E-state index is 12.2. The Morgan fingerprint density at radius 2 is 2.00 bits per heavy atom. The highest BCUT2D eigenvalue weighted by molar-refractivity contribution is 7.13. The van der Waals surface area contributed by atoms with E-state index in [1.807, 2.05) is 4.90 Å². The average molecular weight is 289 g/mol. The number of rotatable bonds is 1. The largest absolute Gasteiger partial charge is 0.334 e. The predicted octanol–water partition coefficient (Wildman–Crippen LogP) is 0.256. The van der Waals surface area contributed by atoms with Gasteiger partial charge in [-0.2, -0.15) is 0 Å². The van der Waals surface area contributed by atoms with Crippen molar-refractivity contribution in [2.45, 2.75) is 13.0 Å². The van der Waals surface area contributed by atoms with Crippen molar-refractivity contribution in [1.29, 1.82) is 0 Å². The van der Waals surface area contributed by atoms with Gasteiger partial charge in [-0.25, -0.2) is 4.98 Å². The molecule has 0 radical (unpaired) electrons. The van der Waals surface area contributed by atoms with Crippen molar-refractivity contribution in [2.75, 3.05) is 32.7 Å². The number of thiazole rings is 1. The monoisotopic (exact) mass is 288 g/mol. The molecule has 1 fully saturated rings. The molecule has 1 saturated heterocycles. The van der Waals surface area contributed by atoms with E-state index in [9.17, 15) is 4.79 Å². The third kappa shape index (κ3) is 2.66. The van der Waals surface area contributed by atoms with Gasteiger partial charge < -0.3 is 15.5 Å². The van der Waals surface area contributed by atoms with Crippen molar-refractivity contribution in [3.8, 4) is 0 Å². The Morgan fingerprint density at radius 3 is 2.72 bits per heavy atom. The molecule has 0 saturated carbocycles. The summed E-state index contributed by atoms with van der Waals surface area (Å²) >= 11 is 1.55. The van der Waals surface area contributed by atoms with E-state index in [0.29, 0.717) is 5.01 Å². The number of piperazine rings is 1. The summed E-state index contributed by atoms with van der Waals surface area (Å²) in [5.74, 6) is 0.103. The highest BCUT2D eigenvalue weighted by atomic mass is 35.5. The molecule has 0 bridgehead atoms. The van der Waals surface area contributed by atoms with Gasteiger partial charge in [0.15, 0.2) is 5.01 Å². The summed E-state index contributed by atoms with van der Waals surface area (Å²) in [5.41, 5.74) is 1.12. The van der Waals surface area contributed by atoms with Gasteiger partial charge in [-0.1, -0.05) is 0 Å². The van der Waals surface area contributed by atoms with E-state index in [1.54, 1.807) is 11.3 Å². The lowest BCUT2D eigenvalue weighted by Gasteiger charge is -2.26. The summed E-state index contributed by atoms with van der Waals surface area (Å²) in [5, 5.41) is 7.22. The van der Waals surface area contributed by atoms with Crippen molar-refractivity contribution in [2.24, 2.45) is 0 Å². The maximum absolute atomic E-state index is 12.2. The standard InChI is InChI=1S/C11H16N4OS.ClH/c16-11(15-5-3-12-4-6-15)10-14-8-1-2-13-7-9(8)17-10;/h12-13H,1-7H2;1H. The smallest absolute Gasteiger partial charge is 0.282 e. The summed E-state index contributed by atoms with van der Waals surface area (Å²) in [7, 11) is 0. The van der Waals surface area contributed by atoms with E-state index in [-0.39, 0.29) is 18.3 Å². The van der Waals surface area contributed by atoms with Crippen molar-refractivity contribution in [1.82, 2.24) is 20.5 Å². The molecule has 5 nitrogen and oxygen atoms in total. The first-order valence-corrected chi connectivity index (χ1v) is 6.85. The van der Waals surface area contributed by atoms with Gasteiger partial charge in [-0.05, 0) is 0 Å². The first-order valence-electron chi connectivity index (χ1n) is 6.04. The summed E-state index contributed by atoms with van der Waals surface area (Å²) in [4.78, 5) is 19.9. The number of aromatic nitrogens is 1. The lowest BCUT2D eigenvalue weighted by atomic mass is 10.2. The first-order chi connectivity index (χ1) is 8.34. The Labute approximate surface area is 116 Å². The van der Waals surface area contributed by atoms with Gasteiger partial charge in [0.1, 0.15) is 0 Å². The van der Waals surface area contributed by atoms with E-state index in [2.05, 4.69) is 15.6 Å². The second kappa shape index (κ2) is 5.97. The molecule has 0 unspecified atom stereocenters. The van der Waals surface area contributed by atoms with Crippen LogP contribution in [-0.2, 0) is 13.0 Å². The molecule has 1 aromatic heterocycles. The molecule has 2 aliphatic heterocycles. The van der Waals surface area contributed by atoms with Gasteiger partial charge >= 0.3 is 0 Å². The van der Waals surface area contributed by atoms with Crippen LogP contribution in [0.3, 0.4) is 0 Å². The second-order valence-electron chi connectivity index (χ2n) is 4.36. The Kier molecular flexibility index (Phi) is 4.55. The van der Waals surface area contributed by atoms with Crippen LogP contribution in [0.25, 0.3) is 0 Å². The summed E-state index contributed by atoms with van der Waals surface area (Å²) in [6.07, 6.45) is 0.945. The zero-order valence-corrected chi connectivity index (χ0v) is 11.7. The number of amides is 1. The molecule has 1 aromatic rings. The molecule has 18 heavy (non-hydrogen) atoms. The molecule has 0 spiro atoms. The Hall–Kier alpha value is -0.690. The normalized spacial score (nSPS) is 19.0. The number of carbonyl (C=O) groups is 1. The summed E-state index contributed by atoms with van der Waals surface area (Å²) < 4.78 is 0. The topological polar surface area (TPSA) is 57.3 Å². The number of hydrogen-bond acceptors (Lipinski definition) is 5.